The Hall–Kier alpha value is -2.39. The first-order valence-electron chi connectivity index (χ1n) is 5.92. The Morgan fingerprint density at radius 3 is 2.50 bits per heavy atom. The van der Waals surface area contributed by atoms with Crippen LogP contribution in [0, 0.1) is 11.3 Å². The second-order valence-corrected chi connectivity index (χ2v) is 5.04. The van der Waals surface area contributed by atoms with Crippen molar-refractivity contribution in [2.24, 2.45) is 0 Å². The second kappa shape index (κ2) is 6.17. The van der Waals surface area contributed by atoms with Crippen LogP contribution in [0.1, 0.15) is 10.4 Å². The summed E-state index contributed by atoms with van der Waals surface area (Å²) < 4.78 is 10.3. The molecule has 5 nitrogen and oxygen atoms in total. The molecule has 0 bridgehead atoms. The van der Waals surface area contributed by atoms with E-state index in [-0.39, 0.29) is 0 Å². The molecule has 1 heterocycles. The summed E-state index contributed by atoms with van der Waals surface area (Å²) in [6.07, 6.45) is 0. The van der Waals surface area contributed by atoms with E-state index in [1.807, 2.05) is 24.3 Å². The average molecular weight is 289 g/mol. The van der Waals surface area contributed by atoms with Crippen LogP contribution in [-0.2, 0) is 6.54 Å². The highest BCUT2D eigenvalue weighted by atomic mass is 32.1. The van der Waals surface area contributed by atoms with Gasteiger partial charge in [-0.1, -0.05) is 12.1 Å². The molecule has 0 radical (unpaired) electrons. The average Bonchev–Trinajstić information content (AvgIpc) is 2.81. The van der Waals surface area contributed by atoms with Gasteiger partial charge in [0.1, 0.15) is 27.4 Å². The highest BCUT2D eigenvalue weighted by Crippen LogP contribution is 2.42. The van der Waals surface area contributed by atoms with Gasteiger partial charge in [0.2, 0.25) is 0 Å². The van der Waals surface area contributed by atoms with Gasteiger partial charge in [-0.05, 0) is 17.7 Å². The molecule has 2 rings (SSSR count). The number of ether oxygens (including phenoxy) is 2. The van der Waals surface area contributed by atoms with E-state index in [2.05, 4.69) is 11.4 Å². The normalized spacial score (nSPS) is 9.85. The van der Waals surface area contributed by atoms with E-state index in [9.17, 15) is 0 Å². The van der Waals surface area contributed by atoms with Crippen molar-refractivity contribution < 1.29 is 9.47 Å². The van der Waals surface area contributed by atoms with Crippen LogP contribution >= 0.6 is 11.3 Å². The number of nitrogens with zero attached hydrogens (tertiary/aromatic N) is 1. The van der Waals surface area contributed by atoms with Crippen LogP contribution in [0.2, 0.25) is 0 Å². The topological polar surface area (TPSA) is 80.3 Å². The van der Waals surface area contributed by atoms with Crippen molar-refractivity contribution in [1.29, 1.82) is 5.26 Å². The number of nitrogens with two attached hydrogens (primary N) is 1. The zero-order valence-corrected chi connectivity index (χ0v) is 12.1. The monoisotopic (exact) mass is 289 g/mol. The molecule has 3 N–H and O–H groups in total. The Labute approximate surface area is 121 Å². The molecule has 0 saturated carbocycles. The summed E-state index contributed by atoms with van der Waals surface area (Å²) in [7, 11) is 3.17. The maximum absolute atomic E-state index is 8.98. The first-order chi connectivity index (χ1) is 9.69. The van der Waals surface area contributed by atoms with Gasteiger partial charge in [0.15, 0.2) is 5.75 Å². The van der Waals surface area contributed by atoms with Crippen LogP contribution in [0.3, 0.4) is 0 Å². The summed E-state index contributed by atoms with van der Waals surface area (Å²) in [5.74, 6) is 1.35. The minimum absolute atomic E-state index is 0.386. The number of rotatable bonds is 5. The number of nitriles is 1. The Kier molecular flexibility index (Phi) is 4.33. The molecule has 0 atom stereocenters. The van der Waals surface area contributed by atoms with Crippen LogP contribution < -0.4 is 20.5 Å². The van der Waals surface area contributed by atoms with Gasteiger partial charge in [-0.25, -0.2) is 0 Å². The van der Waals surface area contributed by atoms with E-state index in [1.165, 1.54) is 18.4 Å². The Balaban J connectivity index is 2.12. The third-order valence-corrected chi connectivity index (χ3v) is 3.87. The van der Waals surface area contributed by atoms with Crippen molar-refractivity contribution in [3.8, 4) is 17.6 Å². The third-order valence-electron chi connectivity index (χ3n) is 2.82. The molecule has 1 aromatic carbocycles. The predicted molar refractivity (Wildman–Crippen MR) is 80.3 cm³/mol. The molecule has 0 fully saturated rings. The number of hydrogen-bond acceptors (Lipinski definition) is 6. The van der Waals surface area contributed by atoms with Gasteiger partial charge >= 0.3 is 0 Å². The summed E-state index contributed by atoms with van der Waals surface area (Å²) in [5, 5.41) is 13.0. The van der Waals surface area contributed by atoms with E-state index in [0.29, 0.717) is 22.9 Å². The fourth-order valence-corrected chi connectivity index (χ4v) is 2.64. The third kappa shape index (κ3) is 2.78. The van der Waals surface area contributed by atoms with Gasteiger partial charge in [-0.15, -0.1) is 11.3 Å². The van der Waals surface area contributed by atoms with Crippen LogP contribution in [0.25, 0.3) is 0 Å². The second-order valence-electron chi connectivity index (χ2n) is 4.02. The van der Waals surface area contributed by atoms with E-state index in [4.69, 9.17) is 20.5 Å². The van der Waals surface area contributed by atoms with Crippen LogP contribution in [0.4, 0.5) is 10.7 Å². The fraction of sp³-hybridized carbons (Fsp3) is 0.214. The number of benzene rings is 1. The van der Waals surface area contributed by atoms with Gasteiger partial charge < -0.3 is 20.5 Å². The molecule has 0 aliphatic heterocycles. The maximum Gasteiger partial charge on any atom is 0.177 e. The molecule has 0 saturated heterocycles. The highest BCUT2D eigenvalue weighted by molar-refractivity contribution is 7.17. The highest BCUT2D eigenvalue weighted by Gasteiger charge is 2.16. The van der Waals surface area contributed by atoms with Crippen molar-refractivity contribution in [1.82, 2.24) is 0 Å². The van der Waals surface area contributed by atoms with Gasteiger partial charge in [0.25, 0.3) is 0 Å². The molecule has 6 heteroatoms. The molecule has 20 heavy (non-hydrogen) atoms. The first kappa shape index (κ1) is 14.0. The van der Waals surface area contributed by atoms with Gasteiger partial charge in [0, 0.05) is 6.54 Å². The number of methoxy groups -OCH3 is 2. The molecular weight excluding hydrogens is 274 g/mol. The lowest BCUT2D eigenvalue weighted by atomic mass is 10.2. The lowest BCUT2D eigenvalue weighted by Gasteiger charge is -2.07. The van der Waals surface area contributed by atoms with Crippen LogP contribution in [-0.4, -0.2) is 14.2 Å². The Bertz CT molecular complexity index is 629. The van der Waals surface area contributed by atoms with Crippen molar-refractivity contribution in [3.63, 3.8) is 0 Å². The molecule has 0 amide bonds. The molecule has 0 unspecified atom stereocenters. The lowest BCUT2D eigenvalue weighted by Crippen LogP contribution is -1.99. The van der Waals surface area contributed by atoms with Crippen molar-refractivity contribution >= 4 is 22.0 Å². The molecule has 0 spiro atoms. The van der Waals surface area contributed by atoms with Crippen LogP contribution in [0.5, 0.6) is 11.5 Å². The molecule has 0 aliphatic rings. The molecule has 2 aromatic rings. The minimum Gasteiger partial charge on any atom is -0.497 e. The summed E-state index contributed by atoms with van der Waals surface area (Å²) in [6.45, 7) is 0.616. The number of nitrogen functional groups attached to an aromatic ring is 1. The zero-order chi connectivity index (χ0) is 14.5. The molecule has 1 aromatic heterocycles. The van der Waals surface area contributed by atoms with Gasteiger partial charge in [-0.2, -0.15) is 5.26 Å². The van der Waals surface area contributed by atoms with Gasteiger partial charge in [0.05, 0.1) is 14.2 Å². The standard InChI is InChI=1S/C14H15N3O2S/c1-18-10-5-3-9(4-6-10)8-17-14-13(19-2)12(16)11(7-15)20-14/h3-6,17H,8,16H2,1-2H3. The van der Waals surface area contributed by atoms with Crippen molar-refractivity contribution in [2.75, 3.05) is 25.3 Å². The van der Waals surface area contributed by atoms with E-state index < -0.39 is 0 Å². The lowest BCUT2D eigenvalue weighted by molar-refractivity contribution is 0.414. The Morgan fingerprint density at radius 1 is 1.25 bits per heavy atom. The van der Waals surface area contributed by atoms with E-state index in [1.54, 1.807) is 7.11 Å². The van der Waals surface area contributed by atoms with Crippen LogP contribution in [0.15, 0.2) is 24.3 Å². The minimum atomic E-state index is 0.386. The predicted octanol–water partition coefficient (Wildman–Crippen LogP) is 2.83. The largest absolute Gasteiger partial charge is 0.497 e. The maximum atomic E-state index is 8.98. The van der Waals surface area contributed by atoms with Crippen molar-refractivity contribution in [3.05, 3.63) is 34.7 Å². The smallest absolute Gasteiger partial charge is 0.177 e. The molecule has 104 valence electrons. The van der Waals surface area contributed by atoms with Crippen molar-refractivity contribution in [2.45, 2.75) is 6.54 Å². The first-order valence-corrected chi connectivity index (χ1v) is 6.74. The summed E-state index contributed by atoms with van der Waals surface area (Å²) >= 11 is 1.29. The van der Waals surface area contributed by atoms with E-state index in [0.717, 1.165) is 16.3 Å². The number of nitrogens with one attached hydrogen (secondary N) is 1. The fourth-order valence-electron chi connectivity index (χ4n) is 1.76. The Morgan fingerprint density at radius 2 is 1.95 bits per heavy atom. The number of hydrogen-bond donors (Lipinski definition) is 2. The number of thiophene rings is 1. The summed E-state index contributed by atoms with van der Waals surface area (Å²) in [4.78, 5) is 0.457. The quantitative estimate of drug-likeness (QED) is 0.884. The molecular formula is C14H15N3O2S. The van der Waals surface area contributed by atoms with E-state index >= 15 is 0 Å². The molecule has 0 aliphatic carbocycles. The SMILES string of the molecule is COc1ccc(CNc2sc(C#N)c(N)c2OC)cc1. The summed E-state index contributed by atoms with van der Waals surface area (Å²) in [6, 6.07) is 9.81. The number of anilines is 2. The summed E-state index contributed by atoms with van der Waals surface area (Å²) in [5.41, 5.74) is 7.32. The van der Waals surface area contributed by atoms with Gasteiger partial charge in [-0.3, -0.25) is 0 Å². The zero-order valence-electron chi connectivity index (χ0n) is 11.3.